The Morgan fingerprint density at radius 1 is 0.545 bits per heavy atom. The lowest BCUT2D eigenvalue weighted by molar-refractivity contribution is -0.0893. The first-order valence-corrected chi connectivity index (χ1v) is 15.2. The zero-order chi connectivity index (χ0) is 30.5. The van der Waals surface area contributed by atoms with Gasteiger partial charge < -0.3 is 14.2 Å². The summed E-state index contributed by atoms with van der Waals surface area (Å²) in [5, 5.41) is 15.1. The van der Waals surface area contributed by atoms with Crippen LogP contribution in [0.5, 0.6) is 0 Å². The molecule has 4 heteroatoms. The fourth-order valence-corrected chi connectivity index (χ4v) is 5.86. The Morgan fingerprint density at radius 3 is 1.95 bits per heavy atom. The highest BCUT2D eigenvalue weighted by molar-refractivity contribution is 6.51. The van der Waals surface area contributed by atoms with Gasteiger partial charge in [-0.25, -0.2) is 0 Å². The fraction of sp³-hybridized carbons (Fsp3) is 0.150. The number of furan rings is 1. The molecule has 216 valence electrons. The fourth-order valence-electron chi connectivity index (χ4n) is 5.86. The van der Waals surface area contributed by atoms with Crippen LogP contribution in [0.15, 0.2) is 132 Å². The van der Waals surface area contributed by atoms with Gasteiger partial charge in [-0.2, -0.15) is 0 Å². The van der Waals surface area contributed by atoms with Gasteiger partial charge in [0.2, 0.25) is 0 Å². The smallest absolute Gasteiger partial charge is 0.310 e. The summed E-state index contributed by atoms with van der Waals surface area (Å²) in [5.41, 5.74) is 8.10. The van der Waals surface area contributed by atoms with E-state index in [9.17, 15) is 5.11 Å². The van der Waals surface area contributed by atoms with E-state index in [2.05, 4.69) is 121 Å². The lowest BCUT2D eigenvalue weighted by Crippen LogP contribution is -2.49. The predicted molar refractivity (Wildman–Crippen MR) is 186 cm³/mol. The third kappa shape index (κ3) is 5.00. The predicted octanol–water partition coefficient (Wildman–Crippen LogP) is 9.28. The molecule has 7 aromatic rings. The molecule has 0 aliphatic carbocycles. The lowest BCUT2D eigenvalue weighted by atomic mass is 9.79. The minimum Gasteiger partial charge on any atom is -0.455 e. The molecule has 44 heavy (non-hydrogen) atoms. The van der Waals surface area contributed by atoms with Crippen molar-refractivity contribution >= 4 is 45.7 Å². The summed E-state index contributed by atoms with van der Waals surface area (Å²) < 4.78 is 12.8. The summed E-state index contributed by atoms with van der Waals surface area (Å²) in [4.78, 5) is 0. The largest absolute Gasteiger partial charge is 0.455 e. The molecular formula is C40H35BO3. The third-order valence-electron chi connectivity index (χ3n) is 9.17. The minimum absolute atomic E-state index is 0.404. The molecule has 0 unspecified atom stereocenters. The summed E-state index contributed by atoms with van der Waals surface area (Å²) in [6.07, 6.45) is 0. The Balaban J connectivity index is 1.30. The van der Waals surface area contributed by atoms with Crippen molar-refractivity contribution in [1.82, 2.24) is 0 Å². The van der Waals surface area contributed by atoms with Gasteiger partial charge in [0.25, 0.3) is 0 Å². The second-order valence-electron chi connectivity index (χ2n) is 12.6. The average molecular weight is 575 g/mol. The Morgan fingerprint density at radius 2 is 1.18 bits per heavy atom. The van der Waals surface area contributed by atoms with Crippen LogP contribution in [0.2, 0.25) is 0 Å². The van der Waals surface area contributed by atoms with Gasteiger partial charge in [-0.1, -0.05) is 109 Å². The van der Waals surface area contributed by atoms with Gasteiger partial charge in [-0.15, -0.1) is 0 Å². The summed E-state index contributed by atoms with van der Waals surface area (Å²) in [7, 11) is 0.404. The van der Waals surface area contributed by atoms with E-state index in [0.29, 0.717) is 7.48 Å². The van der Waals surface area contributed by atoms with Gasteiger partial charge >= 0.3 is 7.48 Å². The molecule has 1 aromatic heterocycles. The van der Waals surface area contributed by atoms with Crippen LogP contribution >= 0.6 is 0 Å². The summed E-state index contributed by atoms with van der Waals surface area (Å²) >= 11 is 0. The van der Waals surface area contributed by atoms with Crippen LogP contribution in [0, 0.1) is 0 Å². The molecule has 1 heterocycles. The monoisotopic (exact) mass is 574 g/mol. The number of aliphatic hydroxyl groups is 1. The van der Waals surface area contributed by atoms with Crippen molar-refractivity contribution in [3.05, 3.63) is 127 Å². The van der Waals surface area contributed by atoms with Crippen LogP contribution in [0.3, 0.4) is 0 Å². The molecule has 3 nitrogen and oxygen atoms in total. The molecule has 0 atom stereocenters. The Hall–Kier alpha value is -4.64. The zero-order valence-corrected chi connectivity index (χ0v) is 25.6. The number of hydrogen-bond donors (Lipinski definition) is 1. The molecule has 0 saturated heterocycles. The second kappa shape index (κ2) is 10.8. The lowest BCUT2D eigenvalue weighted by Gasteiger charge is -2.37. The van der Waals surface area contributed by atoms with Crippen LogP contribution in [0.1, 0.15) is 27.7 Å². The van der Waals surface area contributed by atoms with Crippen LogP contribution in [0.4, 0.5) is 0 Å². The van der Waals surface area contributed by atoms with Gasteiger partial charge in [0, 0.05) is 16.3 Å². The van der Waals surface area contributed by atoms with E-state index in [1.54, 1.807) is 13.8 Å². The quantitative estimate of drug-likeness (QED) is 0.193. The molecule has 0 radical (unpaired) electrons. The van der Waals surface area contributed by atoms with E-state index in [1.807, 2.05) is 19.9 Å². The van der Waals surface area contributed by atoms with Crippen molar-refractivity contribution in [3.63, 3.8) is 0 Å². The molecule has 0 aliphatic heterocycles. The average Bonchev–Trinajstić information content (AvgIpc) is 3.42. The molecule has 1 N–H and O–H groups in total. The molecule has 0 aliphatic rings. The molecule has 0 bridgehead atoms. The summed E-state index contributed by atoms with van der Waals surface area (Å²) in [6, 6.07) is 44.8. The van der Waals surface area contributed by atoms with Crippen molar-refractivity contribution < 1.29 is 14.2 Å². The van der Waals surface area contributed by atoms with E-state index in [4.69, 9.17) is 9.07 Å². The number of hydrogen-bond acceptors (Lipinski definition) is 3. The maximum atomic E-state index is 10.6. The number of fused-ring (bicyclic) bond motifs is 4. The van der Waals surface area contributed by atoms with E-state index in [-0.39, 0.29) is 0 Å². The molecule has 0 saturated carbocycles. The van der Waals surface area contributed by atoms with E-state index in [0.717, 1.165) is 54.9 Å². The van der Waals surface area contributed by atoms with E-state index < -0.39 is 11.2 Å². The van der Waals surface area contributed by atoms with E-state index in [1.165, 1.54) is 16.7 Å². The molecule has 0 spiro atoms. The van der Waals surface area contributed by atoms with Gasteiger partial charge in [0.05, 0.1) is 11.2 Å². The highest BCUT2D eigenvalue weighted by Gasteiger charge is 2.35. The normalized spacial score (nSPS) is 12.3. The first-order valence-electron chi connectivity index (χ1n) is 15.2. The topological polar surface area (TPSA) is 42.6 Å². The van der Waals surface area contributed by atoms with Gasteiger partial charge in [-0.05, 0) is 89.9 Å². The molecule has 0 fully saturated rings. The molecule has 7 rings (SSSR count). The van der Waals surface area contributed by atoms with Crippen LogP contribution in [-0.2, 0) is 4.65 Å². The SMILES string of the molecule is CC(C)(O)C(C)(C)OBc1ccc(-c2cccc3c2oc2ccc(-c4cccc(-c5ccccc5)c4)cc23)c2ccccc12. The van der Waals surface area contributed by atoms with E-state index >= 15 is 0 Å². The van der Waals surface area contributed by atoms with Gasteiger partial charge in [0.15, 0.2) is 0 Å². The Kier molecular flexibility index (Phi) is 6.92. The molecule has 6 aromatic carbocycles. The van der Waals surface area contributed by atoms with Crippen molar-refractivity contribution in [2.75, 3.05) is 0 Å². The number of benzene rings is 6. The van der Waals surface area contributed by atoms with Crippen molar-refractivity contribution in [1.29, 1.82) is 0 Å². The first-order chi connectivity index (χ1) is 21.2. The Labute approximate surface area is 259 Å². The summed E-state index contributed by atoms with van der Waals surface area (Å²) in [5.74, 6) is 0. The third-order valence-corrected chi connectivity index (χ3v) is 9.17. The van der Waals surface area contributed by atoms with Crippen molar-refractivity contribution in [3.8, 4) is 33.4 Å². The minimum atomic E-state index is -0.968. The number of para-hydroxylation sites is 1. The summed E-state index contributed by atoms with van der Waals surface area (Å²) in [6.45, 7) is 7.43. The van der Waals surface area contributed by atoms with Crippen LogP contribution < -0.4 is 5.46 Å². The number of rotatable bonds is 7. The Bertz CT molecular complexity index is 2130. The highest BCUT2D eigenvalue weighted by atomic mass is 16.5. The van der Waals surface area contributed by atoms with Gasteiger partial charge in [-0.3, -0.25) is 0 Å². The molecular weight excluding hydrogens is 539 g/mol. The highest BCUT2D eigenvalue weighted by Crippen LogP contribution is 2.40. The first kappa shape index (κ1) is 28.2. The van der Waals surface area contributed by atoms with Gasteiger partial charge in [0.1, 0.15) is 11.2 Å². The van der Waals surface area contributed by atoms with Crippen molar-refractivity contribution in [2.45, 2.75) is 38.9 Å². The maximum Gasteiger partial charge on any atom is 0.310 e. The standard InChI is InChI=1S/C40H35BO3/c1-39(2,42)40(3,4)44-41-36-22-21-31(30-16-8-9-17-32(30)36)33-18-11-19-34-35-25-29(20-23-37(35)43-38(33)34)28-15-10-14-27(24-28)26-12-6-5-7-13-26/h5-25,41-42H,1-4H3. The van der Waals surface area contributed by atoms with Crippen LogP contribution in [0.25, 0.3) is 66.1 Å². The molecule has 0 amide bonds. The second-order valence-corrected chi connectivity index (χ2v) is 12.6. The van der Waals surface area contributed by atoms with Crippen molar-refractivity contribution in [2.24, 2.45) is 0 Å². The zero-order valence-electron chi connectivity index (χ0n) is 25.6. The maximum absolute atomic E-state index is 10.6. The van der Waals surface area contributed by atoms with Crippen LogP contribution in [-0.4, -0.2) is 23.8 Å².